The van der Waals surface area contributed by atoms with Crippen LogP contribution in [0.1, 0.15) is 355 Å². The zero-order valence-electron chi connectivity index (χ0n) is 69.8. The Morgan fingerprint density at radius 1 is 0.261 bits per heavy atom. The van der Waals surface area contributed by atoms with Crippen LogP contribution in [0.4, 0.5) is 0 Å². The Labute approximate surface area is 676 Å². The van der Waals surface area contributed by atoms with Crippen LogP contribution < -0.4 is 0 Å². The molecule has 0 heterocycles. The SMILES string of the molecule is CC/C=C\C/C=C\C/C=C\C/C=C\C/C=C\C/C=C\CCCCCCCCC(=O)OCC(COP(=O)(O)OCC(O)COP(=O)(O)OCC(O)COC(=O)CCCCCCCCCCCCCCCCCCCCC/C=C\C/C=C\C/C=C\C/C=C\C/C=C\CC)OC(=O)CCCCCCC/C=C\C/C=C\CCCCC. The molecule has 5 unspecified atom stereocenters. The molecule has 0 aromatic carbocycles. The number of carbonyl (C=O) groups excluding carboxylic acids is 3. The maximum Gasteiger partial charge on any atom is 0.472 e. The van der Waals surface area contributed by atoms with Crippen LogP contribution in [0.2, 0.25) is 0 Å². The van der Waals surface area contributed by atoms with Crippen molar-refractivity contribution in [3.63, 3.8) is 0 Å². The predicted molar refractivity (Wildman–Crippen MR) is 463 cm³/mol. The molecule has 0 bridgehead atoms. The Morgan fingerprint density at radius 2 is 0.477 bits per heavy atom. The minimum Gasteiger partial charge on any atom is -0.463 e. The molecule has 0 aromatic rings. The highest BCUT2D eigenvalue weighted by Gasteiger charge is 2.29. The first-order chi connectivity index (χ1) is 54.2. The van der Waals surface area contributed by atoms with E-state index in [1.165, 1.54) is 122 Å². The quantitative estimate of drug-likeness (QED) is 0.0146. The molecule has 0 fully saturated rings. The van der Waals surface area contributed by atoms with Crippen LogP contribution in [0.3, 0.4) is 0 Å². The molecular weight excluding hydrogens is 1430 g/mol. The van der Waals surface area contributed by atoms with E-state index in [-0.39, 0.29) is 19.3 Å². The summed E-state index contributed by atoms with van der Waals surface area (Å²) in [6.07, 6.45) is 107. The Balaban J connectivity index is 4.45. The van der Waals surface area contributed by atoms with Gasteiger partial charge in [0, 0.05) is 19.3 Å². The third kappa shape index (κ3) is 85.9. The van der Waals surface area contributed by atoms with Gasteiger partial charge in [0.2, 0.25) is 0 Å². The summed E-state index contributed by atoms with van der Waals surface area (Å²) in [4.78, 5) is 58.8. The lowest BCUT2D eigenvalue weighted by molar-refractivity contribution is -0.161. The third-order valence-corrected chi connectivity index (χ3v) is 20.1. The summed E-state index contributed by atoms with van der Waals surface area (Å²) >= 11 is 0. The number of phosphoric acid groups is 2. The number of aliphatic hydroxyl groups excluding tert-OH is 2. The zero-order valence-corrected chi connectivity index (χ0v) is 71.6. The maximum absolute atomic E-state index is 13.0. The Kier molecular flexibility index (Phi) is 80.9. The molecular formula is C93H158O16P2. The fraction of sp³-hybridized carbons (Fsp3) is 0.688. The molecule has 0 amide bonds. The largest absolute Gasteiger partial charge is 0.472 e. The van der Waals surface area contributed by atoms with E-state index in [9.17, 15) is 43.5 Å². The number of hydrogen-bond acceptors (Lipinski definition) is 14. The minimum absolute atomic E-state index is 0.0815. The second-order valence-electron chi connectivity index (χ2n) is 28.9. The van der Waals surface area contributed by atoms with Gasteiger partial charge < -0.3 is 34.2 Å². The number of rotatable bonds is 82. The molecule has 0 aliphatic heterocycles. The topological polar surface area (TPSA) is 231 Å². The second-order valence-corrected chi connectivity index (χ2v) is 31.8. The molecule has 0 aliphatic rings. The van der Waals surface area contributed by atoms with Crippen molar-refractivity contribution < 1.29 is 75.8 Å². The van der Waals surface area contributed by atoms with Gasteiger partial charge in [0.1, 0.15) is 25.4 Å². The van der Waals surface area contributed by atoms with Crippen molar-refractivity contribution in [3.05, 3.63) is 158 Å². The second kappa shape index (κ2) is 84.6. The highest BCUT2D eigenvalue weighted by molar-refractivity contribution is 7.47. The van der Waals surface area contributed by atoms with Gasteiger partial charge in [0.15, 0.2) is 6.10 Å². The number of unbranched alkanes of at least 4 members (excludes halogenated alkanes) is 33. The standard InChI is InChI=1S/C93H158O16P2/c1-4-7-10-13-16-19-22-25-28-30-32-34-36-38-39-40-41-42-43-44-45-46-47-49-51-52-54-56-59-61-64-67-70-73-76-79-91(96)103-82-88(94)83-105-110(99,100)106-84-89(95)85-107-111(101,102)108-87-90(109-93(98)81-78-75-72-69-66-63-58-27-24-21-18-15-12-9-6-3)86-104-92(97)80-77-74-71-68-65-62-60-57-55-53-50-48-37-35-33-31-29-26-23-20-17-14-11-8-5-2/h7-8,10-11,16-21,25-29,32-35,38-39,48,50,55,57-58,88-90,94-95H,4-6,9,12-15,22-24,30-31,36-37,40-47,49,51-54,56,59-87H2,1-3H3,(H,99,100)(H,101,102)/b10-7-,11-8-,19-16-,20-17-,21-18-,28-25-,29-26-,34-32-,35-33-,39-38-,50-48-,57-55-,58-27-. The van der Waals surface area contributed by atoms with Gasteiger partial charge in [-0.25, -0.2) is 9.13 Å². The first-order valence-corrected chi connectivity index (χ1v) is 46.8. The molecule has 0 saturated carbocycles. The molecule has 0 aliphatic carbocycles. The summed E-state index contributed by atoms with van der Waals surface area (Å²) in [5.74, 6) is -1.60. The average Bonchev–Trinajstić information content (AvgIpc) is 0.904. The van der Waals surface area contributed by atoms with Crippen LogP contribution >= 0.6 is 15.6 Å². The molecule has 0 spiro atoms. The minimum atomic E-state index is -4.94. The van der Waals surface area contributed by atoms with Gasteiger partial charge in [-0.3, -0.25) is 32.5 Å². The smallest absolute Gasteiger partial charge is 0.463 e. The molecule has 0 radical (unpaired) electrons. The lowest BCUT2D eigenvalue weighted by Crippen LogP contribution is -2.30. The van der Waals surface area contributed by atoms with Gasteiger partial charge in [0.05, 0.1) is 26.4 Å². The molecule has 636 valence electrons. The van der Waals surface area contributed by atoms with E-state index >= 15 is 0 Å². The molecule has 16 nitrogen and oxygen atoms in total. The van der Waals surface area contributed by atoms with Gasteiger partial charge in [-0.15, -0.1) is 0 Å². The van der Waals surface area contributed by atoms with Crippen molar-refractivity contribution >= 4 is 33.6 Å². The first-order valence-electron chi connectivity index (χ1n) is 43.8. The van der Waals surface area contributed by atoms with Crippen molar-refractivity contribution in [2.24, 2.45) is 0 Å². The number of ether oxygens (including phenoxy) is 3. The number of phosphoric ester groups is 2. The normalized spacial score (nSPS) is 14.6. The molecule has 5 atom stereocenters. The molecule has 4 N–H and O–H groups in total. The summed E-state index contributed by atoms with van der Waals surface area (Å²) in [6.45, 7) is 2.42. The summed E-state index contributed by atoms with van der Waals surface area (Å²) in [6, 6.07) is 0. The van der Waals surface area contributed by atoms with E-state index < -0.39 is 91.5 Å². The summed E-state index contributed by atoms with van der Waals surface area (Å²) in [5.41, 5.74) is 0. The zero-order chi connectivity index (χ0) is 80.8. The molecule has 0 aromatic heterocycles. The monoisotopic (exact) mass is 1590 g/mol. The Morgan fingerprint density at radius 3 is 0.757 bits per heavy atom. The van der Waals surface area contributed by atoms with Crippen molar-refractivity contribution in [2.75, 3.05) is 39.6 Å². The van der Waals surface area contributed by atoms with Gasteiger partial charge in [-0.05, 0) is 148 Å². The number of aliphatic hydroxyl groups is 2. The van der Waals surface area contributed by atoms with Crippen molar-refractivity contribution in [2.45, 2.75) is 373 Å². The Hall–Kier alpha value is -4.83. The molecule has 0 saturated heterocycles. The maximum atomic E-state index is 13.0. The number of carbonyl (C=O) groups is 3. The van der Waals surface area contributed by atoms with Crippen molar-refractivity contribution in [1.29, 1.82) is 0 Å². The van der Waals surface area contributed by atoms with E-state index in [4.69, 9.17) is 32.3 Å². The van der Waals surface area contributed by atoms with Gasteiger partial charge >= 0.3 is 33.6 Å². The molecule has 0 rings (SSSR count). The fourth-order valence-electron chi connectivity index (χ4n) is 11.6. The average molecular weight is 1590 g/mol. The lowest BCUT2D eigenvalue weighted by Gasteiger charge is -2.21. The lowest BCUT2D eigenvalue weighted by atomic mass is 10.0. The van der Waals surface area contributed by atoms with Gasteiger partial charge in [0.25, 0.3) is 0 Å². The van der Waals surface area contributed by atoms with E-state index in [0.717, 1.165) is 173 Å². The van der Waals surface area contributed by atoms with Crippen molar-refractivity contribution in [3.8, 4) is 0 Å². The summed E-state index contributed by atoms with van der Waals surface area (Å²) < 4.78 is 61.3. The summed E-state index contributed by atoms with van der Waals surface area (Å²) in [7, 11) is -9.81. The number of esters is 3. The molecule has 18 heteroatoms. The van der Waals surface area contributed by atoms with E-state index in [1.807, 2.05) is 0 Å². The molecule has 111 heavy (non-hydrogen) atoms. The summed E-state index contributed by atoms with van der Waals surface area (Å²) in [5, 5.41) is 20.7. The van der Waals surface area contributed by atoms with Crippen LogP contribution in [0.5, 0.6) is 0 Å². The number of allylic oxidation sites excluding steroid dienone is 26. The highest BCUT2D eigenvalue weighted by Crippen LogP contribution is 2.45. The first kappa shape index (κ1) is 106. The van der Waals surface area contributed by atoms with Gasteiger partial charge in [-0.1, -0.05) is 346 Å². The van der Waals surface area contributed by atoms with Crippen molar-refractivity contribution in [1.82, 2.24) is 0 Å². The third-order valence-electron chi connectivity index (χ3n) is 18.2. The van der Waals surface area contributed by atoms with Crippen LogP contribution in [-0.2, 0) is 55.8 Å². The van der Waals surface area contributed by atoms with Crippen LogP contribution in [-0.4, -0.2) is 95.9 Å². The van der Waals surface area contributed by atoms with E-state index in [0.29, 0.717) is 19.3 Å². The van der Waals surface area contributed by atoms with Crippen LogP contribution in [0, 0.1) is 0 Å². The Bertz CT molecular complexity index is 2650. The van der Waals surface area contributed by atoms with E-state index in [2.05, 4.69) is 179 Å². The van der Waals surface area contributed by atoms with Crippen LogP contribution in [0.15, 0.2) is 158 Å². The number of hydrogen-bond donors (Lipinski definition) is 4. The van der Waals surface area contributed by atoms with Gasteiger partial charge in [-0.2, -0.15) is 0 Å². The fourth-order valence-corrected chi connectivity index (χ4v) is 13.2. The van der Waals surface area contributed by atoms with Crippen LogP contribution in [0.25, 0.3) is 0 Å². The predicted octanol–water partition coefficient (Wildman–Crippen LogP) is 26.5. The van der Waals surface area contributed by atoms with E-state index in [1.54, 1.807) is 0 Å². The highest BCUT2D eigenvalue weighted by atomic mass is 31.2.